The van der Waals surface area contributed by atoms with Gasteiger partial charge in [-0.15, -0.1) is 0 Å². The van der Waals surface area contributed by atoms with Gasteiger partial charge < -0.3 is 10.1 Å². The van der Waals surface area contributed by atoms with Gasteiger partial charge in [-0.05, 0) is 27.2 Å². The fourth-order valence-electron chi connectivity index (χ4n) is 1.58. The predicted octanol–water partition coefficient (Wildman–Crippen LogP) is 1.36. The summed E-state index contributed by atoms with van der Waals surface area (Å²) in [5.41, 5.74) is 2.74. The highest BCUT2D eigenvalue weighted by Gasteiger charge is 2.20. The fraction of sp³-hybridized carbons (Fsp3) is 0.692. The molecule has 0 saturated carbocycles. The van der Waals surface area contributed by atoms with Crippen molar-refractivity contribution in [1.82, 2.24) is 20.4 Å². The van der Waals surface area contributed by atoms with E-state index in [4.69, 9.17) is 4.74 Å². The van der Waals surface area contributed by atoms with Crippen LogP contribution in [0.5, 0.6) is 6.01 Å². The quantitative estimate of drug-likeness (QED) is 0.734. The molecule has 1 amide bonds. The van der Waals surface area contributed by atoms with Gasteiger partial charge in [0.1, 0.15) is 0 Å². The van der Waals surface area contributed by atoms with Crippen molar-refractivity contribution < 1.29 is 9.53 Å². The maximum Gasteiger partial charge on any atom is 0.322 e. The maximum atomic E-state index is 11.4. The minimum atomic E-state index is -0.187. The molecule has 0 aromatic carbocycles. The van der Waals surface area contributed by atoms with Crippen molar-refractivity contribution in [3.8, 4) is 6.01 Å². The van der Waals surface area contributed by atoms with E-state index in [9.17, 15) is 4.79 Å². The number of methoxy groups -OCH3 is 1. The highest BCUT2D eigenvalue weighted by atomic mass is 16.5. The number of aromatic nitrogens is 3. The first-order chi connectivity index (χ1) is 9.87. The minimum absolute atomic E-state index is 0.0351. The molecule has 118 valence electrons. The number of amides is 1. The summed E-state index contributed by atoms with van der Waals surface area (Å²) in [6.45, 7) is 9.40. The third-order valence-electron chi connectivity index (χ3n) is 2.73. The summed E-state index contributed by atoms with van der Waals surface area (Å²) >= 11 is 0. The lowest BCUT2D eigenvalue weighted by molar-refractivity contribution is -0.119. The number of nitrogens with zero attached hydrogens (tertiary/aromatic N) is 4. The molecular formula is C13H24N6O2. The molecule has 0 aliphatic heterocycles. The topological polar surface area (TPSA) is 92.3 Å². The lowest BCUT2D eigenvalue weighted by Crippen LogP contribution is -2.47. The van der Waals surface area contributed by atoms with Gasteiger partial charge in [0.25, 0.3) is 5.95 Å². The average Bonchev–Trinajstić information content (AvgIpc) is 2.42. The van der Waals surface area contributed by atoms with Gasteiger partial charge in [0.2, 0.25) is 11.9 Å². The Labute approximate surface area is 125 Å². The summed E-state index contributed by atoms with van der Waals surface area (Å²) in [5.74, 6) is 0.563. The van der Waals surface area contributed by atoms with Crippen molar-refractivity contribution in [1.29, 1.82) is 0 Å². The van der Waals surface area contributed by atoms with Crippen molar-refractivity contribution >= 4 is 17.8 Å². The lowest BCUT2D eigenvalue weighted by Gasteiger charge is -2.28. The molecule has 1 aromatic rings. The van der Waals surface area contributed by atoms with Crippen LogP contribution in [0.1, 0.15) is 41.0 Å². The second-order valence-electron chi connectivity index (χ2n) is 5.04. The van der Waals surface area contributed by atoms with Gasteiger partial charge >= 0.3 is 6.01 Å². The van der Waals surface area contributed by atoms with Crippen LogP contribution in [0, 0.1) is 0 Å². The van der Waals surface area contributed by atoms with Gasteiger partial charge in [-0.1, -0.05) is 6.92 Å². The van der Waals surface area contributed by atoms with E-state index in [1.165, 1.54) is 14.0 Å². The van der Waals surface area contributed by atoms with Crippen LogP contribution < -0.4 is 20.5 Å². The van der Waals surface area contributed by atoms with Gasteiger partial charge in [-0.2, -0.15) is 15.0 Å². The molecule has 8 heteroatoms. The Kier molecular flexibility index (Phi) is 6.13. The molecule has 0 spiro atoms. The van der Waals surface area contributed by atoms with Crippen LogP contribution in [0.2, 0.25) is 0 Å². The van der Waals surface area contributed by atoms with Crippen molar-refractivity contribution in [3.05, 3.63) is 0 Å². The van der Waals surface area contributed by atoms with Crippen LogP contribution in [0.4, 0.5) is 11.9 Å². The van der Waals surface area contributed by atoms with Crippen LogP contribution in [0.15, 0.2) is 0 Å². The zero-order valence-corrected chi connectivity index (χ0v) is 13.5. The standard InChI is InChI=1S/C13H24N6O2/c1-7-9(4)19(18-10(5)20)12-15-11(14-8(2)3)16-13(17-12)21-6/h8-9H,7H2,1-6H3,(H,18,20)(H,14,15,16,17). The van der Waals surface area contributed by atoms with Crippen molar-refractivity contribution in [2.24, 2.45) is 0 Å². The predicted molar refractivity (Wildman–Crippen MR) is 81.2 cm³/mol. The molecule has 21 heavy (non-hydrogen) atoms. The molecule has 0 aliphatic carbocycles. The Morgan fingerprint density at radius 3 is 2.43 bits per heavy atom. The summed E-state index contributed by atoms with van der Waals surface area (Å²) in [7, 11) is 1.49. The number of anilines is 2. The smallest absolute Gasteiger partial charge is 0.322 e. The molecule has 1 heterocycles. The van der Waals surface area contributed by atoms with Gasteiger partial charge in [-0.3, -0.25) is 10.2 Å². The first-order valence-electron chi connectivity index (χ1n) is 7.00. The monoisotopic (exact) mass is 296 g/mol. The molecule has 1 aromatic heterocycles. The Bertz CT molecular complexity index is 480. The molecule has 8 nitrogen and oxygen atoms in total. The molecule has 0 fully saturated rings. The Morgan fingerprint density at radius 1 is 1.29 bits per heavy atom. The number of hydrogen-bond donors (Lipinski definition) is 2. The van der Waals surface area contributed by atoms with Crippen LogP contribution in [0.3, 0.4) is 0 Å². The Balaban J connectivity index is 3.18. The summed E-state index contributed by atoms with van der Waals surface area (Å²) < 4.78 is 5.10. The van der Waals surface area contributed by atoms with Gasteiger partial charge in [0.05, 0.1) is 13.2 Å². The maximum absolute atomic E-state index is 11.4. The molecule has 1 unspecified atom stereocenters. The molecule has 1 atom stereocenters. The number of hydrogen-bond acceptors (Lipinski definition) is 7. The highest BCUT2D eigenvalue weighted by molar-refractivity contribution is 5.74. The van der Waals surface area contributed by atoms with Gasteiger partial charge in [0, 0.05) is 13.0 Å². The summed E-state index contributed by atoms with van der Waals surface area (Å²) in [6, 6.07) is 0.400. The molecule has 1 rings (SSSR count). The number of hydrazine groups is 1. The van der Waals surface area contributed by atoms with Crippen LogP contribution in [-0.4, -0.2) is 40.1 Å². The third kappa shape index (κ3) is 5.05. The number of carbonyl (C=O) groups is 1. The van der Waals surface area contributed by atoms with E-state index in [0.29, 0.717) is 11.9 Å². The second kappa shape index (κ2) is 7.61. The van der Waals surface area contributed by atoms with E-state index in [0.717, 1.165) is 6.42 Å². The summed E-state index contributed by atoms with van der Waals surface area (Å²) in [5, 5.41) is 4.73. The normalized spacial score (nSPS) is 12.0. The van der Waals surface area contributed by atoms with E-state index >= 15 is 0 Å². The molecular weight excluding hydrogens is 272 g/mol. The number of nitrogens with one attached hydrogen (secondary N) is 2. The molecule has 0 saturated heterocycles. The summed E-state index contributed by atoms with van der Waals surface area (Å²) in [6.07, 6.45) is 0.821. The average molecular weight is 296 g/mol. The Morgan fingerprint density at radius 2 is 1.95 bits per heavy atom. The second-order valence-corrected chi connectivity index (χ2v) is 5.04. The van der Waals surface area contributed by atoms with Crippen LogP contribution in [-0.2, 0) is 4.79 Å². The molecule has 0 bridgehead atoms. The van der Waals surface area contributed by atoms with Crippen molar-refractivity contribution in [2.75, 3.05) is 17.4 Å². The first kappa shape index (κ1) is 16.9. The first-order valence-corrected chi connectivity index (χ1v) is 7.00. The van der Waals surface area contributed by atoms with E-state index in [2.05, 4.69) is 25.7 Å². The van der Waals surface area contributed by atoms with Crippen molar-refractivity contribution in [3.63, 3.8) is 0 Å². The zero-order chi connectivity index (χ0) is 16.0. The number of rotatable bonds is 7. The Hall–Kier alpha value is -2.12. The van der Waals surface area contributed by atoms with E-state index in [1.54, 1.807) is 5.01 Å². The van der Waals surface area contributed by atoms with Crippen LogP contribution >= 0.6 is 0 Å². The van der Waals surface area contributed by atoms with Gasteiger partial charge in [0.15, 0.2) is 0 Å². The van der Waals surface area contributed by atoms with E-state index in [1.807, 2.05) is 27.7 Å². The lowest BCUT2D eigenvalue weighted by atomic mass is 10.2. The fourth-order valence-corrected chi connectivity index (χ4v) is 1.58. The summed E-state index contributed by atoms with van der Waals surface area (Å²) in [4.78, 5) is 24.1. The minimum Gasteiger partial charge on any atom is -0.467 e. The van der Waals surface area contributed by atoms with E-state index < -0.39 is 0 Å². The van der Waals surface area contributed by atoms with Gasteiger partial charge in [-0.25, -0.2) is 5.01 Å². The van der Waals surface area contributed by atoms with Crippen LogP contribution in [0.25, 0.3) is 0 Å². The van der Waals surface area contributed by atoms with Crippen molar-refractivity contribution in [2.45, 2.75) is 53.1 Å². The third-order valence-corrected chi connectivity index (χ3v) is 2.73. The van der Waals surface area contributed by atoms with E-state index in [-0.39, 0.29) is 24.0 Å². The molecule has 2 N–H and O–H groups in total. The SMILES string of the molecule is CCC(C)N(NC(C)=O)c1nc(NC(C)C)nc(OC)n1. The molecule has 0 radical (unpaired) electrons. The number of carbonyl (C=O) groups excluding carboxylic acids is 1. The number of ether oxygens (including phenoxy) is 1. The molecule has 0 aliphatic rings. The zero-order valence-electron chi connectivity index (χ0n) is 13.5. The largest absolute Gasteiger partial charge is 0.467 e. The highest BCUT2D eigenvalue weighted by Crippen LogP contribution is 2.17.